The van der Waals surface area contributed by atoms with Gasteiger partial charge in [-0.2, -0.15) is 0 Å². The van der Waals surface area contributed by atoms with Gasteiger partial charge in [0, 0.05) is 33.7 Å². The van der Waals surface area contributed by atoms with Gasteiger partial charge in [0.25, 0.3) is 11.6 Å². The highest BCUT2D eigenvalue weighted by atomic mass is 32.2. The fourth-order valence-corrected chi connectivity index (χ4v) is 5.45. The van der Waals surface area contributed by atoms with Gasteiger partial charge in [0.2, 0.25) is 10.0 Å². The van der Waals surface area contributed by atoms with Crippen LogP contribution in [0.5, 0.6) is 0 Å². The zero-order chi connectivity index (χ0) is 25.2. The molecule has 4 aromatic rings. The van der Waals surface area contributed by atoms with Crippen LogP contribution in [-0.2, 0) is 10.0 Å². The number of nitro benzene ring substituents is 1. The van der Waals surface area contributed by atoms with Crippen LogP contribution in [0, 0.1) is 17.0 Å². The van der Waals surface area contributed by atoms with Crippen LogP contribution in [0.2, 0.25) is 0 Å². The smallest absolute Gasteiger partial charge is 0.274 e. The molecule has 0 aliphatic rings. The first-order valence-electron chi connectivity index (χ1n) is 10.8. The molecule has 0 bridgehead atoms. The van der Waals surface area contributed by atoms with E-state index in [0.29, 0.717) is 22.0 Å². The largest absolute Gasteiger partial charge is 0.321 e. The molecule has 1 unspecified atom stereocenters. The highest BCUT2D eigenvalue weighted by Crippen LogP contribution is 2.32. The number of aryl methyl sites for hydroxylation is 1. The average Bonchev–Trinajstić information content (AvgIpc) is 2.84. The number of amides is 1. The fraction of sp³-hybridized carbons (Fsp3) is 0.115. The molecule has 35 heavy (non-hydrogen) atoms. The van der Waals surface area contributed by atoms with Gasteiger partial charge in [-0.1, -0.05) is 60.7 Å². The van der Waals surface area contributed by atoms with Crippen molar-refractivity contribution in [1.82, 2.24) is 4.72 Å². The molecule has 1 amide bonds. The first-order valence-corrected chi connectivity index (χ1v) is 12.3. The van der Waals surface area contributed by atoms with Crippen LogP contribution in [0.25, 0.3) is 10.8 Å². The minimum absolute atomic E-state index is 0.00687. The molecule has 0 radical (unpaired) electrons. The van der Waals surface area contributed by atoms with Crippen molar-refractivity contribution in [1.29, 1.82) is 0 Å². The molecule has 0 heterocycles. The third-order valence-corrected chi connectivity index (χ3v) is 7.34. The average molecular weight is 490 g/mol. The van der Waals surface area contributed by atoms with Crippen molar-refractivity contribution >= 4 is 38.1 Å². The summed E-state index contributed by atoms with van der Waals surface area (Å²) in [5, 5.41) is 15.2. The zero-order valence-electron chi connectivity index (χ0n) is 19.1. The first kappa shape index (κ1) is 24.1. The van der Waals surface area contributed by atoms with E-state index in [1.165, 1.54) is 24.3 Å². The Kier molecular flexibility index (Phi) is 6.63. The van der Waals surface area contributed by atoms with Crippen LogP contribution < -0.4 is 10.0 Å². The number of sulfonamides is 1. The summed E-state index contributed by atoms with van der Waals surface area (Å²) in [4.78, 5) is 23.7. The Morgan fingerprint density at radius 3 is 2.23 bits per heavy atom. The summed E-state index contributed by atoms with van der Waals surface area (Å²) in [5.74, 6) is -0.299. The molecule has 1 atom stereocenters. The highest BCUT2D eigenvalue weighted by Gasteiger charge is 2.25. The molecular weight excluding hydrogens is 466 g/mol. The van der Waals surface area contributed by atoms with Crippen molar-refractivity contribution in [2.24, 2.45) is 0 Å². The number of carbonyl (C=O) groups excluding carboxylic acids is 1. The highest BCUT2D eigenvalue weighted by molar-refractivity contribution is 7.89. The van der Waals surface area contributed by atoms with E-state index in [-0.39, 0.29) is 22.1 Å². The van der Waals surface area contributed by atoms with Gasteiger partial charge in [-0.05, 0) is 37.6 Å². The summed E-state index contributed by atoms with van der Waals surface area (Å²) >= 11 is 0. The Bertz CT molecular complexity index is 1550. The molecule has 0 aliphatic carbocycles. The summed E-state index contributed by atoms with van der Waals surface area (Å²) in [6.45, 7) is 3.39. The van der Waals surface area contributed by atoms with Crippen molar-refractivity contribution in [3.63, 3.8) is 0 Å². The summed E-state index contributed by atoms with van der Waals surface area (Å²) in [6, 6.07) is 22.2. The standard InChI is InChI=1S/C26H23N3O5S/c1-17-9-3-4-10-19(17)26(30)27-23-15-16-25(22-13-6-5-12-21(22)23)35(33,34)28-18(2)20-11-7-8-14-24(20)29(31)32/h3-16,18,28H,1-2H3,(H,27,30). The molecule has 0 fully saturated rings. The van der Waals surface area contributed by atoms with Crippen molar-refractivity contribution in [3.8, 4) is 0 Å². The van der Waals surface area contributed by atoms with Crippen LogP contribution in [-0.4, -0.2) is 19.2 Å². The molecule has 4 rings (SSSR count). The van der Waals surface area contributed by atoms with Crippen LogP contribution in [0.4, 0.5) is 11.4 Å². The lowest BCUT2D eigenvalue weighted by atomic mass is 10.1. The van der Waals surface area contributed by atoms with E-state index >= 15 is 0 Å². The number of rotatable bonds is 7. The van der Waals surface area contributed by atoms with Gasteiger partial charge in [-0.25, -0.2) is 13.1 Å². The third kappa shape index (κ3) is 4.91. The topological polar surface area (TPSA) is 118 Å². The Balaban J connectivity index is 1.70. The number of hydrogen-bond donors (Lipinski definition) is 2. The van der Waals surface area contributed by atoms with E-state index in [1.807, 2.05) is 19.1 Å². The maximum absolute atomic E-state index is 13.3. The number of para-hydroxylation sites is 1. The van der Waals surface area contributed by atoms with E-state index in [0.717, 1.165) is 5.56 Å². The molecular formula is C26H23N3O5S. The summed E-state index contributed by atoms with van der Waals surface area (Å²) in [6.07, 6.45) is 0. The Morgan fingerprint density at radius 2 is 1.51 bits per heavy atom. The first-order chi connectivity index (χ1) is 16.7. The quantitative estimate of drug-likeness (QED) is 0.268. The number of anilines is 1. The molecule has 9 heteroatoms. The van der Waals surface area contributed by atoms with Gasteiger partial charge >= 0.3 is 0 Å². The molecule has 0 saturated heterocycles. The molecule has 0 spiro atoms. The second-order valence-corrected chi connectivity index (χ2v) is 9.77. The number of fused-ring (bicyclic) bond motifs is 1. The van der Waals surface area contributed by atoms with Gasteiger partial charge in [-0.15, -0.1) is 0 Å². The Hall–Kier alpha value is -4.08. The lowest BCUT2D eigenvalue weighted by Crippen LogP contribution is -2.27. The summed E-state index contributed by atoms with van der Waals surface area (Å²) < 4.78 is 29.2. The van der Waals surface area contributed by atoms with Crippen LogP contribution in [0.1, 0.15) is 34.5 Å². The van der Waals surface area contributed by atoms with Crippen molar-refractivity contribution in [3.05, 3.63) is 112 Å². The summed E-state index contributed by atoms with van der Waals surface area (Å²) in [7, 11) is -4.07. The van der Waals surface area contributed by atoms with Gasteiger partial charge in [-0.3, -0.25) is 14.9 Å². The molecule has 4 aromatic carbocycles. The van der Waals surface area contributed by atoms with E-state index in [2.05, 4.69) is 10.0 Å². The molecule has 8 nitrogen and oxygen atoms in total. The van der Waals surface area contributed by atoms with Crippen molar-refractivity contribution < 1.29 is 18.1 Å². The maximum Gasteiger partial charge on any atom is 0.274 e. The maximum atomic E-state index is 13.3. The second kappa shape index (κ2) is 9.65. The second-order valence-electron chi connectivity index (χ2n) is 8.08. The van der Waals surface area contributed by atoms with Crippen molar-refractivity contribution in [2.75, 3.05) is 5.32 Å². The predicted molar refractivity (Wildman–Crippen MR) is 135 cm³/mol. The van der Waals surface area contributed by atoms with Gasteiger partial charge in [0.05, 0.1) is 15.9 Å². The predicted octanol–water partition coefficient (Wildman–Crippen LogP) is 5.35. The Morgan fingerprint density at radius 1 is 0.886 bits per heavy atom. The van der Waals surface area contributed by atoms with Gasteiger partial charge in [0.15, 0.2) is 0 Å². The molecule has 0 aliphatic heterocycles. The van der Waals surface area contributed by atoms with Gasteiger partial charge in [0.1, 0.15) is 0 Å². The third-order valence-electron chi connectivity index (χ3n) is 5.74. The van der Waals surface area contributed by atoms with E-state index in [1.54, 1.807) is 55.5 Å². The van der Waals surface area contributed by atoms with Crippen molar-refractivity contribution in [2.45, 2.75) is 24.8 Å². The lowest BCUT2D eigenvalue weighted by Gasteiger charge is -2.17. The molecule has 0 saturated carbocycles. The molecule has 178 valence electrons. The van der Waals surface area contributed by atoms with Crippen LogP contribution in [0.3, 0.4) is 0 Å². The molecule has 0 aromatic heterocycles. The number of carbonyl (C=O) groups is 1. The Labute approximate surface area is 202 Å². The minimum Gasteiger partial charge on any atom is -0.321 e. The van der Waals surface area contributed by atoms with E-state index < -0.39 is 21.0 Å². The zero-order valence-corrected chi connectivity index (χ0v) is 19.9. The lowest BCUT2D eigenvalue weighted by molar-refractivity contribution is -0.385. The minimum atomic E-state index is -4.07. The van der Waals surface area contributed by atoms with E-state index in [4.69, 9.17) is 0 Å². The number of nitro groups is 1. The normalized spacial score (nSPS) is 12.3. The van der Waals surface area contributed by atoms with Crippen LogP contribution in [0.15, 0.2) is 89.8 Å². The fourth-order valence-electron chi connectivity index (χ4n) is 4.01. The number of benzene rings is 4. The number of nitrogens with zero attached hydrogens (tertiary/aromatic N) is 1. The monoisotopic (exact) mass is 489 g/mol. The summed E-state index contributed by atoms with van der Waals surface area (Å²) in [5.41, 5.74) is 1.91. The van der Waals surface area contributed by atoms with Gasteiger partial charge < -0.3 is 5.32 Å². The SMILES string of the molecule is Cc1ccccc1C(=O)Nc1ccc(S(=O)(=O)NC(C)c2ccccc2[N+](=O)[O-])c2ccccc12. The van der Waals surface area contributed by atoms with Crippen LogP contribution >= 0.6 is 0 Å². The van der Waals surface area contributed by atoms with E-state index in [9.17, 15) is 23.3 Å². The number of nitrogens with one attached hydrogen (secondary N) is 2. The molecule has 2 N–H and O–H groups in total. The number of hydrogen-bond acceptors (Lipinski definition) is 5.